The van der Waals surface area contributed by atoms with Gasteiger partial charge < -0.3 is 0 Å². The van der Waals surface area contributed by atoms with Crippen LogP contribution in [-0.2, 0) is 9.59 Å². The van der Waals surface area contributed by atoms with Crippen molar-refractivity contribution in [3.63, 3.8) is 0 Å². The van der Waals surface area contributed by atoms with Crippen LogP contribution >= 0.6 is 0 Å². The quantitative estimate of drug-likeness (QED) is 0.744. The summed E-state index contributed by atoms with van der Waals surface area (Å²) in [5, 5.41) is 0. The third-order valence-corrected chi connectivity index (χ3v) is 6.27. The zero-order valence-corrected chi connectivity index (χ0v) is 14.3. The first-order chi connectivity index (χ1) is 10.4. The van der Waals surface area contributed by atoms with Crippen LogP contribution in [0.25, 0.3) is 0 Å². The highest BCUT2D eigenvalue weighted by atomic mass is 16.1. The first-order valence-corrected chi connectivity index (χ1v) is 8.95. The van der Waals surface area contributed by atoms with Gasteiger partial charge in [0.2, 0.25) is 0 Å². The molecule has 0 aromatic carbocycles. The van der Waals surface area contributed by atoms with E-state index < -0.39 is 0 Å². The molecule has 22 heavy (non-hydrogen) atoms. The van der Waals surface area contributed by atoms with Gasteiger partial charge in [-0.25, -0.2) is 0 Å². The number of hydrogen-bond acceptors (Lipinski definition) is 4. The van der Waals surface area contributed by atoms with Crippen LogP contribution in [0.15, 0.2) is 0 Å². The van der Waals surface area contributed by atoms with Crippen LogP contribution in [-0.4, -0.2) is 59.1 Å². The lowest BCUT2D eigenvalue weighted by Crippen LogP contribution is -2.59. The normalized spacial score (nSPS) is 42.0. The SMILES string of the molecule is CC1(C)CC2CCN1CC2=O.CCC1CC2CCN1CC2=O. The molecule has 4 heteroatoms. The van der Waals surface area contributed by atoms with Gasteiger partial charge in [-0.05, 0) is 59.0 Å². The van der Waals surface area contributed by atoms with Crippen molar-refractivity contribution in [2.75, 3.05) is 26.2 Å². The molecular formula is C18H30N2O2. The first kappa shape index (κ1) is 16.1. The average molecular weight is 306 g/mol. The molecule has 6 heterocycles. The fourth-order valence-corrected chi connectivity index (χ4v) is 4.69. The van der Waals surface area contributed by atoms with Gasteiger partial charge in [0.15, 0.2) is 0 Å². The van der Waals surface area contributed by atoms with E-state index in [0.717, 1.165) is 45.3 Å². The summed E-state index contributed by atoms with van der Waals surface area (Å²) in [6.07, 6.45) is 5.64. The largest absolute Gasteiger partial charge is 0.298 e. The molecule has 0 aliphatic carbocycles. The topological polar surface area (TPSA) is 40.6 Å². The zero-order valence-electron chi connectivity index (χ0n) is 14.3. The Balaban J connectivity index is 0.000000131. The van der Waals surface area contributed by atoms with Crippen LogP contribution in [0.3, 0.4) is 0 Å². The summed E-state index contributed by atoms with van der Waals surface area (Å²) in [5.41, 5.74) is 0.289. The van der Waals surface area contributed by atoms with E-state index in [1.54, 1.807) is 0 Å². The molecule has 6 fully saturated rings. The van der Waals surface area contributed by atoms with Crippen LogP contribution < -0.4 is 0 Å². The van der Waals surface area contributed by atoms with Crippen LogP contribution in [0, 0.1) is 11.8 Å². The van der Waals surface area contributed by atoms with Gasteiger partial charge in [-0.3, -0.25) is 19.4 Å². The van der Waals surface area contributed by atoms with E-state index in [-0.39, 0.29) is 5.54 Å². The zero-order chi connectivity index (χ0) is 15.9. The first-order valence-electron chi connectivity index (χ1n) is 8.95. The Labute approximate surface area is 134 Å². The van der Waals surface area contributed by atoms with Crippen molar-refractivity contribution < 1.29 is 9.59 Å². The highest BCUT2D eigenvalue weighted by Crippen LogP contribution is 2.36. The van der Waals surface area contributed by atoms with Crippen LogP contribution in [0.5, 0.6) is 0 Å². The Kier molecular flexibility index (Phi) is 4.43. The third kappa shape index (κ3) is 3.00. The molecule has 0 radical (unpaired) electrons. The standard InChI is InChI=1S/2C9H15NO/c1-9(2)5-7-3-4-10(9)6-8(7)11;1-2-8-5-7-3-4-10(8)6-9(7)11/h7H,3-6H2,1-2H3;7-8H,2-6H2,1H3. The minimum Gasteiger partial charge on any atom is -0.298 e. The molecule has 4 bridgehead atoms. The molecule has 0 aromatic rings. The molecule has 0 saturated carbocycles. The Morgan fingerprint density at radius 1 is 1.05 bits per heavy atom. The van der Waals surface area contributed by atoms with Gasteiger partial charge in [-0.15, -0.1) is 0 Å². The van der Waals surface area contributed by atoms with Crippen molar-refractivity contribution in [3.8, 4) is 0 Å². The van der Waals surface area contributed by atoms with E-state index in [1.807, 2.05) is 0 Å². The number of nitrogens with zero attached hydrogens (tertiary/aromatic N) is 2. The predicted octanol–water partition coefficient (Wildman–Crippen LogP) is 2.12. The lowest BCUT2D eigenvalue weighted by molar-refractivity contribution is -0.137. The van der Waals surface area contributed by atoms with Crippen molar-refractivity contribution in [2.45, 2.75) is 64.5 Å². The van der Waals surface area contributed by atoms with Gasteiger partial charge in [0, 0.05) is 23.4 Å². The Morgan fingerprint density at radius 3 is 2.09 bits per heavy atom. The fourth-order valence-electron chi connectivity index (χ4n) is 4.69. The van der Waals surface area contributed by atoms with Gasteiger partial charge in [0.1, 0.15) is 11.6 Å². The highest BCUT2D eigenvalue weighted by Gasteiger charge is 2.43. The molecule has 0 spiro atoms. The Morgan fingerprint density at radius 2 is 1.73 bits per heavy atom. The van der Waals surface area contributed by atoms with Crippen LogP contribution in [0.2, 0.25) is 0 Å². The predicted molar refractivity (Wildman–Crippen MR) is 86.8 cm³/mol. The van der Waals surface area contributed by atoms with E-state index in [9.17, 15) is 9.59 Å². The summed E-state index contributed by atoms with van der Waals surface area (Å²) in [6.45, 7) is 10.4. The number of Topliss-reactive ketones (excluding diaryl/α,β-unsaturated/α-hetero) is 2. The molecule has 6 aliphatic rings. The van der Waals surface area contributed by atoms with Crippen molar-refractivity contribution in [1.82, 2.24) is 9.80 Å². The number of rotatable bonds is 1. The summed E-state index contributed by atoms with van der Waals surface area (Å²) in [6, 6.07) is 0.714. The Hall–Kier alpha value is -0.740. The number of carbonyl (C=O) groups is 2. The van der Waals surface area contributed by atoms with Crippen molar-refractivity contribution in [3.05, 3.63) is 0 Å². The van der Waals surface area contributed by atoms with Crippen molar-refractivity contribution in [2.24, 2.45) is 11.8 Å². The molecular weight excluding hydrogens is 276 g/mol. The fraction of sp³-hybridized carbons (Fsp3) is 0.889. The van der Waals surface area contributed by atoms with E-state index in [0.29, 0.717) is 36.0 Å². The maximum absolute atomic E-state index is 11.3. The summed E-state index contributed by atoms with van der Waals surface area (Å²) in [4.78, 5) is 27.2. The second kappa shape index (κ2) is 6.04. The lowest BCUT2D eigenvalue weighted by atomic mass is 9.76. The maximum atomic E-state index is 11.3. The molecule has 4 nitrogen and oxygen atoms in total. The number of hydrogen-bond donors (Lipinski definition) is 0. The van der Waals surface area contributed by atoms with E-state index in [4.69, 9.17) is 0 Å². The van der Waals surface area contributed by atoms with Gasteiger partial charge >= 0.3 is 0 Å². The van der Waals surface area contributed by atoms with Gasteiger partial charge in [0.05, 0.1) is 13.1 Å². The molecule has 6 rings (SSSR count). The van der Waals surface area contributed by atoms with E-state index in [1.165, 1.54) is 6.42 Å². The maximum Gasteiger partial charge on any atom is 0.150 e. The summed E-state index contributed by atoms with van der Waals surface area (Å²) >= 11 is 0. The number of fused-ring (bicyclic) bond motifs is 6. The summed E-state index contributed by atoms with van der Waals surface area (Å²) < 4.78 is 0. The van der Waals surface area contributed by atoms with Gasteiger partial charge in [0.25, 0.3) is 0 Å². The molecule has 124 valence electrons. The summed E-state index contributed by atoms with van der Waals surface area (Å²) in [5.74, 6) is 1.76. The minimum atomic E-state index is 0.289. The average Bonchev–Trinajstić information content (AvgIpc) is 2.49. The molecule has 5 unspecified atom stereocenters. The molecule has 0 aromatic heterocycles. The number of piperidine rings is 6. The minimum absolute atomic E-state index is 0.289. The van der Waals surface area contributed by atoms with Crippen molar-refractivity contribution in [1.29, 1.82) is 0 Å². The third-order valence-electron chi connectivity index (χ3n) is 6.27. The summed E-state index contributed by atoms with van der Waals surface area (Å²) in [7, 11) is 0. The molecule has 0 amide bonds. The second-order valence-electron chi connectivity index (χ2n) is 8.11. The van der Waals surface area contributed by atoms with Crippen LogP contribution in [0.1, 0.15) is 52.9 Å². The smallest absolute Gasteiger partial charge is 0.150 e. The Bertz CT molecular complexity index is 460. The van der Waals surface area contributed by atoms with Crippen LogP contribution in [0.4, 0.5) is 0 Å². The van der Waals surface area contributed by atoms with Gasteiger partial charge in [-0.1, -0.05) is 6.92 Å². The van der Waals surface area contributed by atoms with E-state index >= 15 is 0 Å². The molecule has 6 aliphatic heterocycles. The lowest BCUT2D eigenvalue weighted by Gasteiger charge is -2.49. The second-order valence-corrected chi connectivity index (χ2v) is 8.11. The molecule has 6 saturated heterocycles. The molecule has 0 N–H and O–H groups in total. The van der Waals surface area contributed by atoms with Crippen molar-refractivity contribution >= 4 is 11.6 Å². The number of carbonyl (C=O) groups excluding carboxylic acids is 2. The molecule has 5 atom stereocenters. The number of ketones is 2. The van der Waals surface area contributed by atoms with Gasteiger partial charge in [-0.2, -0.15) is 0 Å². The highest BCUT2D eigenvalue weighted by molar-refractivity contribution is 5.85. The van der Waals surface area contributed by atoms with E-state index in [2.05, 4.69) is 30.6 Å². The monoisotopic (exact) mass is 306 g/mol.